The number of aldehydes is 1. The fourth-order valence-corrected chi connectivity index (χ4v) is 9.87. The predicted molar refractivity (Wildman–Crippen MR) is 134 cm³/mol. The Hall–Kier alpha value is -2.96. The number of allylic oxidation sites excluding steroid dienone is 2. The first-order chi connectivity index (χ1) is 16.3. The average Bonchev–Trinajstić information content (AvgIpc) is 3.25. The molecule has 0 radical (unpaired) electrons. The van der Waals surface area contributed by atoms with E-state index in [1.165, 1.54) is 23.6 Å². The van der Waals surface area contributed by atoms with Crippen molar-refractivity contribution in [1.82, 2.24) is 0 Å². The van der Waals surface area contributed by atoms with E-state index in [0.29, 0.717) is 18.6 Å². The number of carbonyl (C=O) groups is 2. The summed E-state index contributed by atoms with van der Waals surface area (Å²) < 4.78 is 18.3. The van der Waals surface area contributed by atoms with Gasteiger partial charge < -0.3 is 13.9 Å². The molecule has 0 N–H and O–H groups in total. The Morgan fingerprint density at radius 3 is 2.15 bits per heavy atom. The van der Waals surface area contributed by atoms with Gasteiger partial charge >= 0.3 is 5.97 Å². The number of ether oxygens (including phenoxy) is 2. The van der Waals surface area contributed by atoms with Crippen LogP contribution in [-0.2, 0) is 23.5 Å². The first-order valence-electron chi connectivity index (χ1n) is 11.7. The minimum atomic E-state index is -2.73. The normalized spacial score (nSPS) is 22.2. The summed E-state index contributed by atoms with van der Waals surface area (Å²) in [5.74, 6) is -0.730. The Kier molecular flexibility index (Phi) is 6.91. The van der Waals surface area contributed by atoms with Crippen LogP contribution in [0.5, 0.6) is 0 Å². The van der Waals surface area contributed by atoms with Crippen molar-refractivity contribution in [3.63, 3.8) is 0 Å². The maximum Gasteiger partial charge on any atom is 0.305 e. The van der Waals surface area contributed by atoms with E-state index in [4.69, 9.17) is 13.9 Å². The Morgan fingerprint density at radius 2 is 1.65 bits per heavy atom. The van der Waals surface area contributed by atoms with Crippen LogP contribution in [0.15, 0.2) is 84.1 Å². The van der Waals surface area contributed by atoms with Gasteiger partial charge in [-0.2, -0.15) is 0 Å². The molecule has 0 spiro atoms. The molecule has 0 bridgehead atoms. The second-order valence-electron chi connectivity index (χ2n) is 9.95. The summed E-state index contributed by atoms with van der Waals surface area (Å²) in [6.07, 6.45) is 4.32. The number of carbonyl (C=O) groups excluding carboxylic acids is 2. The fourth-order valence-electron chi connectivity index (χ4n) is 5.33. The van der Waals surface area contributed by atoms with Gasteiger partial charge in [-0.3, -0.25) is 9.59 Å². The van der Waals surface area contributed by atoms with Crippen LogP contribution in [0.4, 0.5) is 0 Å². The van der Waals surface area contributed by atoms with Crippen molar-refractivity contribution in [3.8, 4) is 0 Å². The number of hydrogen-bond donors (Lipinski definition) is 0. The van der Waals surface area contributed by atoms with Crippen molar-refractivity contribution in [2.45, 2.75) is 45.4 Å². The number of rotatable bonds is 7. The summed E-state index contributed by atoms with van der Waals surface area (Å²) in [6, 6.07) is 20.9. The number of fused-ring (bicyclic) bond motifs is 1. The molecule has 0 aromatic heterocycles. The molecule has 34 heavy (non-hydrogen) atoms. The molecule has 2 unspecified atom stereocenters. The van der Waals surface area contributed by atoms with Gasteiger partial charge in [-0.15, -0.1) is 0 Å². The van der Waals surface area contributed by atoms with Crippen LogP contribution in [0.3, 0.4) is 0 Å². The molecule has 1 aliphatic heterocycles. The summed E-state index contributed by atoms with van der Waals surface area (Å²) >= 11 is 0. The van der Waals surface area contributed by atoms with Gasteiger partial charge in [-0.05, 0) is 27.4 Å². The summed E-state index contributed by atoms with van der Waals surface area (Å²) in [5.41, 5.74) is 1.60. The lowest BCUT2D eigenvalue weighted by atomic mass is 9.84. The van der Waals surface area contributed by atoms with Crippen LogP contribution in [0.25, 0.3) is 0 Å². The first kappa shape index (κ1) is 24.2. The number of benzene rings is 2. The van der Waals surface area contributed by atoms with Crippen molar-refractivity contribution in [3.05, 3.63) is 84.1 Å². The zero-order valence-corrected chi connectivity index (χ0v) is 21.2. The Balaban J connectivity index is 1.72. The van der Waals surface area contributed by atoms with Crippen LogP contribution in [0, 0.1) is 11.8 Å². The highest BCUT2D eigenvalue weighted by atomic mass is 28.4. The zero-order valence-electron chi connectivity index (χ0n) is 20.2. The number of esters is 1. The molecule has 4 rings (SSSR count). The highest BCUT2D eigenvalue weighted by molar-refractivity contribution is 6.99. The molecule has 178 valence electrons. The van der Waals surface area contributed by atoms with E-state index in [0.717, 1.165) is 11.9 Å². The third kappa shape index (κ3) is 4.40. The molecule has 1 heterocycles. The van der Waals surface area contributed by atoms with E-state index in [2.05, 4.69) is 75.4 Å². The first-order valence-corrected chi connectivity index (χ1v) is 13.6. The predicted octanol–water partition coefficient (Wildman–Crippen LogP) is 4.13. The molecule has 3 atom stereocenters. The molecule has 2 aromatic carbocycles. The standard InChI is InChI=1S/C28H32O5Si/c1-20(30)33-27-26-21(15-16-25(26)22(17-29)18-31-27)19-32-34(28(2,3)4,23-11-7-5-8-12-23)24-13-9-6-10-14-24/h5-15,17-18,25-27H,16,19H2,1-4H3/t25?,26-,27?/m1/s1. The highest BCUT2D eigenvalue weighted by Gasteiger charge is 2.51. The van der Waals surface area contributed by atoms with Crippen molar-refractivity contribution >= 4 is 30.9 Å². The summed E-state index contributed by atoms with van der Waals surface area (Å²) in [5, 5.41) is 2.25. The maximum absolute atomic E-state index is 11.7. The molecule has 5 nitrogen and oxygen atoms in total. The summed E-state index contributed by atoms with van der Waals surface area (Å²) in [4.78, 5) is 23.4. The van der Waals surface area contributed by atoms with E-state index in [1.54, 1.807) is 0 Å². The zero-order chi connectivity index (χ0) is 24.3. The minimum Gasteiger partial charge on any atom is -0.461 e. The number of hydrogen-bond acceptors (Lipinski definition) is 5. The lowest BCUT2D eigenvalue weighted by Gasteiger charge is -2.43. The Labute approximate surface area is 202 Å². The smallest absolute Gasteiger partial charge is 0.305 e. The van der Waals surface area contributed by atoms with Crippen molar-refractivity contribution in [2.75, 3.05) is 6.61 Å². The van der Waals surface area contributed by atoms with E-state index < -0.39 is 20.6 Å². The molecular weight excluding hydrogens is 444 g/mol. The topological polar surface area (TPSA) is 61.8 Å². The lowest BCUT2D eigenvalue weighted by molar-refractivity contribution is -0.179. The van der Waals surface area contributed by atoms with Crippen molar-refractivity contribution < 1.29 is 23.5 Å². The van der Waals surface area contributed by atoms with Gasteiger partial charge in [-0.1, -0.05) is 87.5 Å². The highest BCUT2D eigenvalue weighted by Crippen LogP contribution is 2.44. The van der Waals surface area contributed by atoms with Crippen LogP contribution >= 0.6 is 0 Å². The van der Waals surface area contributed by atoms with Gasteiger partial charge in [0, 0.05) is 18.4 Å². The van der Waals surface area contributed by atoms with Gasteiger partial charge in [0.05, 0.1) is 18.8 Å². The molecule has 0 saturated carbocycles. The Morgan fingerprint density at radius 1 is 1.06 bits per heavy atom. The quantitative estimate of drug-likeness (QED) is 0.260. The van der Waals surface area contributed by atoms with Gasteiger partial charge in [-0.25, -0.2) is 0 Å². The molecule has 0 fully saturated rings. The van der Waals surface area contributed by atoms with Crippen LogP contribution in [0.2, 0.25) is 5.04 Å². The second-order valence-corrected chi connectivity index (χ2v) is 14.3. The van der Waals surface area contributed by atoms with E-state index in [1.807, 2.05) is 12.1 Å². The van der Waals surface area contributed by atoms with Gasteiger partial charge in [0.1, 0.15) is 6.29 Å². The largest absolute Gasteiger partial charge is 0.461 e. The Bertz CT molecular complexity index is 1050. The van der Waals surface area contributed by atoms with E-state index in [-0.39, 0.29) is 16.9 Å². The lowest BCUT2D eigenvalue weighted by Crippen LogP contribution is -2.66. The van der Waals surface area contributed by atoms with Gasteiger partial charge in [0.2, 0.25) is 0 Å². The van der Waals surface area contributed by atoms with E-state index in [9.17, 15) is 9.59 Å². The van der Waals surface area contributed by atoms with Gasteiger partial charge in [0.25, 0.3) is 14.6 Å². The summed E-state index contributed by atoms with van der Waals surface area (Å²) in [7, 11) is -2.73. The second kappa shape index (κ2) is 9.72. The van der Waals surface area contributed by atoms with Crippen molar-refractivity contribution in [1.29, 1.82) is 0 Å². The molecule has 0 amide bonds. The third-order valence-electron chi connectivity index (χ3n) is 6.85. The molecule has 2 aliphatic rings. The average molecular weight is 477 g/mol. The third-order valence-corrected chi connectivity index (χ3v) is 11.8. The van der Waals surface area contributed by atoms with Crippen molar-refractivity contribution in [2.24, 2.45) is 11.8 Å². The van der Waals surface area contributed by atoms with Crippen LogP contribution in [-0.4, -0.2) is 33.5 Å². The van der Waals surface area contributed by atoms with E-state index >= 15 is 0 Å². The van der Waals surface area contributed by atoms with Crippen LogP contribution in [0.1, 0.15) is 34.1 Å². The summed E-state index contributed by atoms with van der Waals surface area (Å²) in [6.45, 7) is 8.47. The molecule has 2 aromatic rings. The molecule has 6 heteroatoms. The fraction of sp³-hybridized carbons (Fsp3) is 0.357. The molecule has 1 aliphatic carbocycles. The molecular formula is C28H32O5Si. The maximum atomic E-state index is 11.7. The monoisotopic (exact) mass is 476 g/mol. The van der Waals surface area contributed by atoms with Crippen LogP contribution < -0.4 is 10.4 Å². The van der Waals surface area contributed by atoms with Gasteiger partial charge in [0.15, 0.2) is 0 Å². The SMILES string of the molecule is CC(=O)OC1OC=C(C=O)C2CC=C(CO[Si](c3ccccc3)(c3ccccc3)C(C)(C)C)[C@@H]12. The molecule has 0 saturated heterocycles. The minimum absolute atomic E-state index is 0.0756.